The van der Waals surface area contributed by atoms with Crippen LogP contribution in [0.3, 0.4) is 0 Å². The Morgan fingerprint density at radius 1 is 1.27 bits per heavy atom. The molecule has 15 heavy (non-hydrogen) atoms. The molecule has 0 bridgehead atoms. The maximum Gasteiger partial charge on any atom is 0.329 e. The molecule has 2 amide bonds. The molecule has 0 aliphatic carbocycles. The fraction of sp³-hybridized carbons (Fsp3) is 0.800. The molecule has 0 aromatic rings. The van der Waals surface area contributed by atoms with Crippen LogP contribution in [0.15, 0.2) is 0 Å². The highest BCUT2D eigenvalue weighted by Gasteiger charge is 2.36. The number of carbonyl (C=O) groups is 2. The average Bonchev–Trinajstić information content (AvgIpc) is 2.24. The summed E-state index contributed by atoms with van der Waals surface area (Å²) in [6.07, 6.45) is 0.754. The Kier molecular flexibility index (Phi) is 5.11. The van der Waals surface area contributed by atoms with Gasteiger partial charge in [0.15, 0.2) is 0 Å². The van der Waals surface area contributed by atoms with Crippen LogP contribution in [0.4, 0.5) is 4.79 Å². The summed E-state index contributed by atoms with van der Waals surface area (Å²) in [4.78, 5) is 24.1. The van der Waals surface area contributed by atoms with Crippen LogP contribution >= 0.6 is 0 Å². The normalized spacial score (nSPS) is 10.9. The predicted molar refractivity (Wildman–Crippen MR) is 57.8 cm³/mol. The van der Waals surface area contributed by atoms with E-state index in [0.29, 0.717) is 19.4 Å². The van der Waals surface area contributed by atoms with E-state index in [0.717, 1.165) is 0 Å². The van der Waals surface area contributed by atoms with Gasteiger partial charge in [-0.15, -0.1) is 0 Å². The number of nitrogens with one attached hydrogen (secondary N) is 1. The number of aliphatic carboxylic acids is 1. The Bertz CT molecular complexity index is 237. The maximum absolute atomic E-state index is 11.6. The van der Waals surface area contributed by atoms with Crippen LogP contribution < -0.4 is 5.32 Å². The second-order valence-corrected chi connectivity index (χ2v) is 3.54. The van der Waals surface area contributed by atoms with Crippen molar-refractivity contribution in [1.29, 1.82) is 0 Å². The molecule has 5 heteroatoms. The molecule has 88 valence electrons. The molecule has 5 nitrogen and oxygen atoms in total. The Labute approximate surface area is 90.5 Å². The lowest BCUT2D eigenvalue weighted by molar-refractivity contribution is -0.144. The first kappa shape index (κ1) is 13.7. The molecule has 0 aromatic carbocycles. The van der Waals surface area contributed by atoms with Crippen molar-refractivity contribution in [3.63, 3.8) is 0 Å². The van der Waals surface area contributed by atoms with Gasteiger partial charge >= 0.3 is 12.0 Å². The molecule has 0 unspecified atom stereocenters. The lowest BCUT2D eigenvalue weighted by Gasteiger charge is -2.30. The molecule has 0 heterocycles. The Morgan fingerprint density at radius 2 is 1.73 bits per heavy atom. The molecule has 0 saturated carbocycles. The van der Waals surface area contributed by atoms with Crippen molar-refractivity contribution in [1.82, 2.24) is 10.2 Å². The van der Waals surface area contributed by atoms with Crippen LogP contribution in [0, 0.1) is 0 Å². The van der Waals surface area contributed by atoms with Gasteiger partial charge in [-0.3, -0.25) is 0 Å². The molecule has 0 aromatic heterocycles. The molecular weight excluding hydrogens is 196 g/mol. The molecular formula is C10H20N2O3. The lowest BCUT2D eigenvalue weighted by Crippen LogP contribution is -2.56. The molecule has 0 saturated heterocycles. The quantitative estimate of drug-likeness (QED) is 0.727. The highest BCUT2D eigenvalue weighted by Crippen LogP contribution is 2.15. The third kappa shape index (κ3) is 3.11. The molecule has 0 radical (unpaired) electrons. The van der Waals surface area contributed by atoms with Crippen molar-refractivity contribution in [2.45, 2.75) is 39.2 Å². The number of rotatable bonds is 5. The average molecular weight is 216 g/mol. The van der Waals surface area contributed by atoms with Gasteiger partial charge in [0.1, 0.15) is 5.54 Å². The Hall–Kier alpha value is -1.26. The minimum atomic E-state index is -1.14. The van der Waals surface area contributed by atoms with E-state index in [1.807, 2.05) is 6.92 Å². The van der Waals surface area contributed by atoms with E-state index in [4.69, 9.17) is 5.11 Å². The standard InChI is InChI=1S/C10H20N2O3/c1-5-10(6-2,8(13)14)11-9(15)12(4)7-3/h5-7H2,1-4H3,(H,11,15)(H,13,14). The maximum atomic E-state index is 11.6. The number of nitrogens with zero attached hydrogens (tertiary/aromatic N) is 1. The van der Waals surface area contributed by atoms with Crippen LogP contribution in [0.1, 0.15) is 33.6 Å². The fourth-order valence-corrected chi connectivity index (χ4v) is 1.23. The van der Waals surface area contributed by atoms with Crippen LogP contribution in [0.25, 0.3) is 0 Å². The molecule has 0 spiro atoms. The van der Waals surface area contributed by atoms with Gasteiger partial charge in [-0.25, -0.2) is 9.59 Å². The summed E-state index contributed by atoms with van der Waals surface area (Å²) in [5.41, 5.74) is -1.14. The molecule has 2 N–H and O–H groups in total. The SMILES string of the molecule is CCN(C)C(=O)NC(CC)(CC)C(=O)O. The summed E-state index contributed by atoms with van der Waals surface area (Å²) >= 11 is 0. The van der Waals surface area contributed by atoms with Crippen LogP contribution in [-0.4, -0.2) is 41.1 Å². The summed E-state index contributed by atoms with van der Waals surface area (Å²) in [6.45, 7) is 5.89. The largest absolute Gasteiger partial charge is 0.480 e. The lowest BCUT2D eigenvalue weighted by atomic mass is 9.93. The highest BCUT2D eigenvalue weighted by atomic mass is 16.4. The number of carboxylic acids is 1. The number of carbonyl (C=O) groups excluding carboxylic acids is 1. The van der Waals surface area contributed by atoms with E-state index in [9.17, 15) is 9.59 Å². The van der Waals surface area contributed by atoms with Crippen LogP contribution in [0.5, 0.6) is 0 Å². The summed E-state index contributed by atoms with van der Waals surface area (Å²) in [7, 11) is 1.63. The zero-order valence-electron chi connectivity index (χ0n) is 9.83. The molecule has 0 rings (SSSR count). The van der Waals surface area contributed by atoms with Gasteiger partial charge in [0.25, 0.3) is 0 Å². The van der Waals surface area contributed by atoms with Crippen molar-refractivity contribution in [3.8, 4) is 0 Å². The van der Waals surface area contributed by atoms with Gasteiger partial charge in [0.05, 0.1) is 0 Å². The van der Waals surface area contributed by atoms with Crippen molar-refractivity contribution < 1.29 is 14.7 Å². The number of amides is 2. The number of hydrogen-bond acceptors (Lipinski definition) is 2. The van der Waals surface area contributed by atoms with Gasteiger partial charge in [-0.05, 0) is 19.8 Å². The molecule has 0 fully saturated rings. The number of hydrogen-bond donors (Lipinski definition) is 2. The minimum Gasteiger partial charge on any atom is -0.480 e. The van der Waals surface area contributed by atoms with E-state index in [1.54, 1.807) is 20.9 Å². The van der Waals surface area contributed by atoms with Gasteiger partial charge in [-0.2, -0.15) is 0 Å². The van der Waals surface area contributed by atoms with Crippen molar-refractivity contribution in [3.05, 3.63) is 0 Å². The molecule has 0 atom stereocenters. The summed E-state index contributed by atoms with van der Waals surface area (Å²) in [5.74, 6) is -0.981. The van der Waals surface area contributed by atoms with E-state index in [1.165, 1.54) is 4.90 Å². The van der Waals surface area contributed by atoms with E-state index >= 15 is 0 Å². The van der Waals surface area contributed by atoms with Gasteiger partial charge in [0, 0.05) is 13.6 Å². The third-order valence-electron chi connectivity index (χ3n) is 2.78. The van der Waals surface area contributed by atoms with Crippen molar-refractivity contribution >= 4 is 12.0 Å². The second-order valence-electron chi connectivity index (χ2n) is 3.54. The first-order valence-electron chi connectivity index (χ1n) is 5.20. The van der Waals surface area contributed by atoms with Crippen LogP contribution in [0.2, 0.25) is 0 Å². The zero-order chi connectivity index (χ0) is 12.1. The predicted octanol–water partition coefficient (Wildman–Crippen LogP) is 1.29. The monoisotopic (exact) mass is 216 g/mol. The topological polar surface area (TPSA) is 69.6 Å². The first-order valence-corrected chi connectivity index (χ1v) is 5.20. The van der Waals surface area contributed by atoms with E-state index < -0.39 is 11.5 Å². The van der Waals surface area contributed by atoms with Crippen molar-refractivity contribution in [2.24, 2.45) is 0 Å². The van der Waals surface area contributed by atoms with Crippen molar-refractivity contribution in [2.75, 3.05) is 13.6 Å². The molecule has 0 aliphatic rings. The summed E-state index contributed by atoms with van der Waals surface area (Å²) in [5, 5.41) is 11.7. The first-order chi connectivity index (χ1) is 6.93. The summed E-state index contributed by atoms with van der Waals surface area (Å²) in [6, 6.07) is -0.344. The van der Waals surface area contributed by atoms with E-state index in [-0.39, 0.29) is 6.03 Å². The second kappa shape index (κ2) is 5.58. The fourth-order valence-electron chi connectivity index (χ4n) is 1.23. The summed E-state index contributed by atoms with van der Waals surface area (Å²) < 4.78 is 0. The minimum absolute atomic E-state index is 0.344. The van der Waals surface area contributed by atoms with Gasteiger partial charge in [0.2, 0.25) is 0 Å². The Balaban J connectivity index is 4.69. The number of urea groups is 1. The van der Waals surface area contributed by atoms with Crippen LogP contribution in [-0.2, 0) is 4.79 Å². The Morgan fingerprint density at radius 3 is 2.00 bits per heavy atom. The highest BCUT2D eigenvalue weighted by molar-refractivity contribution is 5.86. The zero-order valence-corrected chi connectivity index (χ0v) is 9.83. The van der Waals surface area contributed by atoms with E-state index in [2.05, 4.69) is 5.32 Å². The number of carboxylic acid groups (broad SMARTS) is 1. The van der Waals surface area contributed by atoms with Gasteiger partial charge in [-0.1, -0.05) is 13.8 Å². The van der Waals surface area contributed by atoms with Gasteiger partial charge < -0.3 is 15.3 Å². The smallest absolute Gasteiger partial charge is 0.329 e. The third-order valence-corrected chi connectivity index (χ3v) is 2.78. The molecule has 0 aliphatic heterocycles.